The largest absolute Gasteiger partial charge is 0.396 e. The molecule has 2 N–H and O–H groups in total. The van der Waals surface area contributed by atoms with E-state index in [-0.39, 0.29) is 0 Å². The highest BCUT2D eigenvalue weighted by Gasteiger charge is 2.23. The number of hydrogen-bond donors (Lipinski definition) is 2. The van der Waals surface area contributed by atoms with Gasteiger partial charge in [0.15, 0.2) is 0 Å². The van der Waals surface area contributed by atoms with E-state index >= 15 is 0 Å². The van der Waals surface area contributed by atoms with Crippen LogP contribution in [0.2, 0.25) is 0 Å². The van der Waals surface area contributed by atoms with Gasteiger partial charge < -0.3 is 10.4 Å². The van der Waals surface area contributed by atoms with Crippen LogP contribution in [0.25, 0.3) is 0 Å². The highest BCUT2D eigenvalue weighted by Crippen LogP contribution is 2.40. The zero-order valence-corrected chi connectivity index (χ0v) is 10.7. The molecule has 0 heterocycles. The molecule has 0 aliphatic heterocycles. The van der Waals surface area contributed by atoms with Gasteiger partial charge in [0.2, 0.25) is 0 Å². The van der Waals surface area contributed by atoms with Gasteiger partial charge in [0, 0.05) is 13.2 Å². The summed E-state index contributed by atoms with van der Waals surface area (Å²) in [5.74, 6) is 1.38. The Kier molecular flexibility index (Phi) is 4.57. The minimum absolute atomic E-state index is 0.292. The van der Waals surface area contributed by atoms with E-state index in [4.69, 9.17) is 5.11 Å². The summed E-state index contributed by atoms with van der Waals surface area (Å²) in [5, 5.41) is 12.3. The van der Waals surface area contributed by atoms with Gasteiger partial charge in [0.25, 0.3) is 0 Å². The van der Waals surface area contributed by atoms with Crippen molar-refractivity contribution in [2.75, 3.05) is 13.2 Å². The van der Waals surface area contributed by atoms with Gasteiger partial charge in [-0.25, -0.2) is 0 Å². The second-order valence-corrected chi connectivity index (χ2v) is 5.27. The molecule has 2 rings (SSSR count). The molecule has 0 saturated heterocycles. The van der Waals surface area contributed by atoms with E-state index in [0.717, 1.165) is 25.4 Å². The lowest BCUT2D eigenvalue weighted by atomic mass is 10.1. The molecule has 1 aliphatic carbocycles. The van der Waals surface area contributed by atoms with Crippen LogP contribution in [0.1, 0.15) is 43.2 Å². The maximum atomic E-state index is 8.83. The third-order valence-corrected chi connectivity index (χ3v) is 3.44. The van der Waals surface area contributed by atoms with Crippen molar-refractivity contribution < 1.29 is 5.11 Å². The topological polar surface area (TPSA) is 32.3 Å². The molecule has 1 fully saturated rings. The molecule has 1 saturated carbocycles. The monoisotopic (exact) mass is 233 g/mol. The fourth-order valence-corrected chi connectivity index (χ4v) is 2.16. The van der Waals surface area contributed by atoms with Gasteiger partial charge in [-0.2, -0.15) is 0 Å². The van der Waals surface area contributed by atoms with Crippen molar-refractivity contribution in [3.63, 3.8) is 0 Å². The standard InChI is InChI=1S/C15H23NO/c1-12(7-8-17)10-16-11-13-3-2-4-15(9-13)14-5-6-14/h2-4,9,12,14,16-17H,5-8,10-11H2,1H3. The van der Waals surface area contributed by atoms with Crippen molar-refractivity contribution in [3.8, 4) is 0 Å². The Morgan fingerprint density at radius 2 is 2.24 bits per heavy atom. The molecular weight excluding hydrogens is 210 g/mol. The average Bonchev–Trinajstić information content (AvgIpc) is 3.14. The number of benzene rings is 1. The fraction of sp³-hybridized carbons (Fsp3) is 0.600. The van der Waals surface area contributed by atoms with Gasteiger partial charge in [0.1, 0.15) is 0 Å². The highest BCUT2D eigenvalue weighted by atomic mass is 16.3. The molecule has 0 aromatic heterocycles. The molecule has 1 aromatic rings. The van der Waals surface area contributed by atoms with Crippen molar-refractivity contribution in [2.45, 2.75) is 38.6 Å². The van der Waals surface area contributed by atoms with Crippen molar-refractivity contribution in [1.82, 2.24) is 5.32 Å². The van der Waals surface area contributed by atoms with Crippen LogP contribution < -0.4 is 5.32 Å². The first-order chi connectivity index (χ1) is 8.29. The molecule has 1 aromatic carbocycles. The molecule has 0 radical (unpaired) electrons. The van der Waals surface area contributed by atoms with Gasteiger partial charge in [0.05, 0.1) is 0 Å². The molecule has 0 amide bonds. The van der Waals surface area contributed by atoms with E-state index < -0.39 is 0 Å². The number of nitrogens with one attached hydrogen (secondary N) is 1. The Balaban J connectivity index is 1.76. The Bertz CT molecular complexity index is 347. The summed E-state index contributed by atoms with van der Waals surface area (Å²) in [7, 11) is 0. The van der Waals surface area contributed by atoms with Gasteiger partial charge in [-0.15, -0.1) is 0 Å². The Hall–Kier alpha value is -0.860. The summed E-state index contributed by atoms with van der Waals surface area (Å²) in [6.45, 7) is 4.38. The number of aliphatic hydroxyl groups excluding tert-OH is 1. The van der Waals surface area contributed by atoms with Crippen LogP contribution >= 0.6 is 0 Å². The van der Waals surface area contributed by atoms with Crippen LogP contribution in [0.15, 0.2) is 24.3 Å². The van der Waals surface area contributed by atoms with Crippen LogP contribution in [0.4, 0.5) is 0 Å². The van der Waals surface area contributed by atoms with Crippen molar-refractivity contribution in [2.24, 2.45) is 5.92 Å². The third-order valence-electron chi connectivity index (χ3n) is 3.44. The van der Waals surface area contributed by atoms with Crippen molar-refractivity contribution >= 4 is 0 Å². The zero-order chi connectivity index (χ0) is 12.1. The predicted molar refractivity (Wildman–Crippen MR) is 71.0 cm³/mol. The Labute approximate surface area is 104 Å². The van der Waals surface area contributed by atoms with Crippen molar-refractivity contribution in [1.29, 1.82) is 0 Å². The minimum atomic E-state index is 0.292. The minimum Gasteiger partial charge on any atom is -0.396 e. The van der Waals surface area contributed by atoms with E-state index in [1.54, 1.807) is 0 Å². The number of aliphatic hydroxyl groups is 1. The van der Waals surface area contributed by atoms with Gasteiger partial charge in [-0.05, 0) is 48.8 Å². The second-order valence-electron chi connectivity index (χ2n) is 5.27. The molecule has 94 valence electrons. The van der Waals surface area contributed by atoms with Crippen LogP contribution in [0, 0.1) is 5.92 Å². The smallest absolute Gasteiger partial charge is 0.0434 e. The Morgan fingerprint density at radius 3 is 2.94 bits per heavy atom. The van der Waals surface area contributed by atoms with Gasteiger partial charge >= 0.3 is 0 Å². The fourth-order valence-electron chi connectivity index (χ4n) is 2.16. The lowest BCUT2D eigenvalue weighted by Crippen LogP contribution is -2.21. The van der Waals surface area contributed by atoms with E-state index in [1.807, 2.05) is 0 Å². The van der Waals surface area contributed by atoms with E-state index in [0.29, 0.717) is 12.5 Å². The lowest BCUT2D eigenvalue weighted by Gasteiger charge is -2.11. The first-order valence-corrected chi connectivity index (χ1v) is 6.70. The van der Waals surface area contributed by atoms with Crippen LogP contribution in [-0.2, 0) is 6.54 Å². The summed E-state index contributed by atoms with van der Waals surface area (Å²) in [4.78, 5) is 0. The predicted octanol–water partition coefficient (Wildman–Crippen LogP) is 2.67. The van der Waals surface area contributed by atoms with E-state index in [2.05, 4.69) is 36.5 Å². The maximum Gasteiger partial charge on any atom is 0.0434 e. The van der Waals surface area contributed by atoms with Crippen LogP contribution in [0.5, 0.6) is 0 Å². The second kappa shape index (κ2) is 6.18. The molecule has 1 atom stereocenters. The van der Waals surface area contributed by atoms with Crippen LogP contribution in [-0.4, -0.2) is 18.3 Å². The molecule has 17 heavy (non-hydrogen) atoms. The summed E-state index contributed by atoms with van der Waals surface area (Å²) < 4.78 is 0. The molecule has 1 unspecified atom stereocenters. The molecular formula is C15H23NO. The first kappa shape index (κ1) is 12.6. The van der Waals surface area contributed by atoms with E-state index in [1.165, 1.54) is 24.0 Å². The lowest BCUT2D eigenvalue weighted by molar-refractivity contribution is 0.260. The third kappa shape index (κ3) is 4.14. The zero-order valence-electron chi connectivity index (χ0n) is 10.7. The quantitative estimate of drug-likeness (QED) is 0.759. The first-order valence-electron chi connectivity index (χ1n) is 6.70. The van der Waals surface area contributed by atoms with E-state index in [9.17, 15) is 0 Å². The number of rotatable bonds is 7. The summed E-state index contributed by atoms with van der Waals surface area (Å²) in [6, 6.07) is 8.94. The van der Waals surface area contributed by atoms with Gasteiger partial charge in [-0.1, -0.05) is 31.2 Å². The molecule has 0 bridgehead atoms. The maximum absolute atomic E-state index is 8.83. The SMILES string of the molecule is CC(CCO)CNCc1cccc(C2CC2)c1. The molecule has 0 spiro atoms. The molecule has 1 aliphatic rings. The molecule has 2 heteroatoms. The number of hydrogen-bond acceptors (Lipinski definition) is 2. The van der Waals surface area contributed by atoms with Crippen LogP contribution in [0.3, 0.4) is 0 Å². The average molecular weight is 233 g/mol. The van der Waals surface area contributed by atoms with Gasteiger partial charge in [-0.3, -0.25) is 0 Å². The molecule has 2 nitrogen and oxygen atoms in total. The van der Waals surface area contributed by atoms with Crippen molar-refractivity contribution in [3.05, 3.63) is 35.4 Å². The normalized spacial score (nSPS) is 17.1. The Morgan fingerprint density at radius 1 is 1.41 bits per heavy atom. The summed E-state index contributed by atoms with van der Waals surface area (Å²) >= 11 is 0. The highest BCUT2D eigenvalue weighted by molar-refractivity contribution is 5.29. The summed E-state index contributed by atoms with van der Waals surface area (Å²) in [5.41, 5.74) is 2.89. The summed E-state index contributed by atoms with van der Waals surface area (Å²) in [6.07, 6.45) is 3.62.